The third-order valence-electron chi connectivity index (χ3n) is 2.10. The van der Waals surface area contributed by atoms with Crippen LogP contribution in [0.3, 0.4) is 0 Å². The fourth-order valence-corrected chi connectivity index (χ4v) is 1.42. The van der Waals surface area contributed by atoms with E-state index < -0.39 is 0 Å². The second-order valence-electron chi connectivity index (χ2n) is 3.12. The van der Waals surface area contributed by atoms with Gasteiger partial charge in [-0.25, -0.2) is 4.98 Å². The number of rotatable bonds is 2. The van der Waals surface area contributed by atoms with Crippen LogP contribution in [0.25, 0.3) is 11.5 Å². The monoisotopic (exact) mass is 205 g/mol. The Morgan fingerprint density at radius 3 is 2.80 bits per heavy atom. The molecule has 2 N–H and O–H groups in total. The Morgan fingerprint density at radius 2 is 2.27 bits per heavy atom. The van der Waals surface area contributed by atoms with Gasteiger partial charge in [-0.15, -0.1) is 0 Å². The number of ether oxygens (including phenoxy) is 1. The average molecular weight is 205 g/mol. The first-order valence-electron chi connectivity index (χ1n) is 4.51. The Hall–Kier alpha value is -2.04. The van der Waals surface area contributed by atoms with Crippen molar-refractivity contribution in [1.29, 1.82) is 0 Å². The van der Waals surface area contributed by atoms with E-state index in [2.05, 4.69) is 15.0 Å². The Balaban J connectivity index is 2.58. The van der Waals surface area contributed by atoms with Crippen LogP contribution in [0.15, 0.2) is 23.1 Å². The predicted molar refractivity (Wildman–Crippen MR) is 55.9 cm³/mol. The van der Waals surface area contributed by atoms with Crippen molar-refractivity contribution in [2.75, 3.05) is 7.11 Å². The topological polar surface area (TPSA) is 70.8 Å². The zero-order valence-electron chi connectivity index (χ0n) is 8.50. The highest BCUT2D eigenvalue weighted by atomic mass is 16.5. The van der Waals surface area contributed by atoms with Gasteiger partial charge in [0.05, 0.1) is 18.5 Å². The number of nitrogens with zero attached hydrogens (tertiary/aromatic N) is 1. The van der Waals surface area contributed by atoms with Crippen molar-refractivity contribution in [3.63, 3.8) is 0 Å². The Labute approximate surface area is 86.1 Å². The summed E-state index contributed by atoms with van der Waals surface area (Å²) in [6, 6.07) is 3.68. The first-order chi connectivity index (χ1) is 7.22. The van der Waals surface area contributed by atoms with Crippen molar-refractivity contribution >= 4 is 0 Å². The molecule has 0 aliphatic rings. The summed E-state index contributed by atoms with van der Waals surface area (Å²) >= 11 is 0. The first kappa shape index (κ1) is 9.51. The van der Waals surface area contributed by atoms with Gasteiger partial charge in [-0.2, -0.15) is 0 Å². The Bertz CT molecular complexity index is 514. The van der Waals surface area contributed by atoms with Gasteiger partial charge in [-0.1, -0.05) is 0 Å². The van der Waals surface area contributed by atoms with Crippen molar-refractivity contribution < 1.29 is 4.74 Å². The number of H-pyrrole nitrogens is 2. The fourth-order valence-electron chi connectivity index (χ4n) is 1.42. The zero-order chi connectivity index (χ0) is 10.8. The van der Waals surface area contributed by atoms with Crippen molar-refractivity contribution in [3.8, 4) is 17.3 Å². The molecule has 0 atom stereocenters. The number of aryl methyl sites for hydroxylation is 1. The number of aromatic amines is 2. The average Bonchev–Trinajstić information content (AvgIpc) is 2.69. The van der Waals surface area contributed by atoms with Gasteiger partial charge in [0.25, 0.3) is 5.56 Å². The normalized spacial score (nSPS) is 10.3. The van der Waals surface area contributed by atoms with E-state index in [0.717, 1.165) is 5.69 Å². The SMILES string of the molecule is COc1c(C)nc(-c2ccc[nH]2)[nH]c1=O. The molecular formula is C10H11N3O2. The highest BCUT2D eigenvalue weighted by Crippen LogP contribution is 2.14. The van der Waals surface area contributed by atoms with Crippen LogP contribution in [0.4, 0.5) is 0 Å². The number of hydrogen-bond acceptors (Lipinski definition) is 3. The lowest BCUT2D eigenvalue weighted by atomic mass is 10.3. The van der Waals surface area contributed by atoms with Gasteiger partial charge < -0.3 is 14.7 Å². The van der Waals surface area contributed by atoms with Crippen LogP contribution in [-0.2, 0) is 0 Å². The lowest BCUT2D eigenvalue weighted by Crippen LogP contribution is -2.13. The minimum absolute atomic E-state index is 0.255. The third kappa shape index (κ3) is 1.63. The minimum Gasteiger partial charge on any atom is -0.490 e. The maximum Gasteiger partial charge on any atom is 0.293 e. The molecule has 0 bridgehead atoms. The second-order valence-corrected chi connectivity index (χ2v) is 3.12. The van der Waals surface area contributed by atoms with Crippen molar-refractivity contribution in [1.82, 2.24) is 15.0 Å². The molecule has 0 unspecified atom stereocenters. The summed E-state index contributed by atoms with van der Waals surface area (Å²) in [5.74, 6) is 0.772. The van der Waals surface area contributed by atoms with Crippen molar-refractivity contribution in [2.24, 2.45) is 0 Å². The van der Waals surface area contributed by atoms with E-state index in [1.54, 1.807) is 13.1 Å². The molecule has 2 aromatic heterocycles. The molecule has 0 spiro atoms. The predicted octanol–water partition coefficient (Wildman–Crippen LogP) is 1.08. The number of aromatic nitrogens is 3. The fraction of sp³-hybridized carbons (Fsp3) is 0.200. The van der Waals surface area contributed by atoms with Gasteiger partial charge >= 0.3 is 0 Å². The van der Waals surface area contributed by atoms with Gasteiger partial charge in [0.2, 0.25) is 5.75 Å². The molecule has 5 heteroatoms. The van der Waals surface area contributed by atoms with Gasteiger partial charge in [0, 0.05) is 6.20 Å². The summed E-state index contributed by atoms with van der Waals surface area (Å²) < 4.78 is 4.93. The lowest BCUT2D eigenvalue weighted by molar-refractivity contribution is 0.402. The van der Waals surface area contributed by atoms with E-state index in [1.807, 2.05) is 12.1 Å². The molecule has 0 amide bonds. The molecule has 0 saturated carbocycles. The van der Waals surface area contributed by atoms with Crippen molar-refractivity contribution in [3.05, 3.63) is 34.4 Å². The summed E-state index contributed by atoms with van der Waals surface area (Å²) in [4.78, 5) is 21.4. The van der Waals surface area contributed by atoms with Crippen LogP contribution < -0.4 is 10.3 Å². The van der Waals surface area contributed by atoms with Crippen LogP contribution in [0.2, 0.25) is 0 Å². The zero-order valence-corrected chi connectivity index (χ0v) is 8.50. The smallest absolute Gasteiger partial charge is 0.293 e. The minimum atomic E-state index is -0.269. The van der Waals surface area contributed by atoms with Crippen LogP contribution in [0.1, 0.15) is 5.69 Å². The molecule has 5 nitrogen and oxygen atoms in total. The standard InChI is InChI=1S/C10H11N3O2/c1-6-8(15-2)10(14)13-9(12-6)7-4-3-5-11-7/h3-5,11H,1-2H3,(H,12,13,14). The molecule has 2 aromatic rings. The van der Waals surface area contributed by atoms with E-state index in [-0.39, 0.29) is 11.3 Å². The number of methoxy groups -OCH3 is 1. The maximum absolute atomic E-state index is 11.6. The van der Waals surface area contributed by atoms with Gasteiger partial charge in [-0.05, 0) is 19.1 Å². The van der Waals surface area contributed by atoms with Gasteiger partial charge in [-0.3, -0.25) is 4.79 Å². The highest BCUT2D eigenvalue weighted by molar-refractivity contribution is 5.49. The van der Waals surface area contributed by atoms with Crippen LogP contribution >= 0.6 is 0 Å². The van der Waals surface area contributed by atoms with Gasteiger partial charge in [0.1, 0.15) is 0 Å². The van der Waals surface area contributed by atoms with E-state index in [0.29, 0.717) is 11.5 Å². The van der Waals surface area contributed by atoms with E-state index in [1.165, 1.54) is 7.11 Å². The number of nitrogens with one attached hydrogen (secondary N) is 2. The molecule has 0 saturated heterocycles. The molecule has 0 aliphatic heterocycles. The van der Waals surface area contributed by atoms with Crippen molar-refractivity contribution in [2.45, 2.75) is 6.92 Å². The van der Waals surface area contributed by atoms with E-state index >= 15 is 0 Å². The summed E-state index contributed by atoms with van der Waals surface area (Å²) in [5, 5.41) is 0. The number of hydrogen-bond donors (Lipinski definition) is 2. The summed E-state index contributed by atoms with van der Waals surface area (Å²) in [7, 11) is 1.45. The van der Waals surface area contributed by atoms with E-state index in [4.69, 9.17) is 4.74 Å². The third-order valence-corrected chi connectivity index (χ3v) is 2.10. The Kier molecular flexibility index (Phi) is 2.29. The van der Waals surface area contributed by atoms with Crippen LogP contribution in [-0.4, -0.2) is 22.1 Å². The second kappa shape index (κ2) is 3.61. The highest BCUT2D eigenvalue weighted by Gasteiger charge is 2.09. The summed E-state index contributed by atoms with van der Waals surface area (Å²) in [6.07, 6.45) is 1.77. The molecule has 2 heterocycles. The molecule has 0 aromatic carbocycles. The van der Waals surface area contributed by atoms with Crippen LogP contribution in [0.5, 0.6) is 5.75 Å². The molecule has 0 aliphatic carbocycles. The summed E-state index contributed by atoms with van der Waals surface area (Å²) in [5.41, 5.74) is 1.08. The molecule has 0 radical (unpaired) electrons. The molecule has 15 heavy (non-hydrogen) atoms. The largest absolute Gasteiger partial charge is 0.490 e. The maximum atomic E-state index is 11.6. The van der Waals surface area contributed by atoms with E-state index in [9.17, 15) is 4.79 Å². The van der Waals surface area contributed by atoms with Crippen LogP contribution in [0, 0.1) is 6.92 Å². The molecule has 78 valence electrons. The lowest BCUT2D eigenvalue weighted by Gasteiger charge is -2.04. The molecule has 0 fully saturated rings. The quantitative estimate of drug-likeness (QED) is 0.770. The summed E-state index contributed by atoms with van der Waals surface area (Å²) in [6.45, 7) is 1.74. The Morgan fingerprint density at radius 1 is 1.47 bits per heavy atom. The van der Waals surface area contributed by atoms with Gasteiger partial charge in [0.15, 0.2) is 5.82 Å². The first-order valence-corrected chi connectivity index (χ1v) is 4.51. The molecular weight excluding hydrogens is 194 g/mol. The molecule has 2 rings (SSSR count).